The normalized spacial score (nSPS) is 24.8. The van der Waals surface area contributed by atoms with Gasteiger partial charge in [-0.05, 0) is 48.1 Å². The van der Waals surface area contributed by atoms with Crippen LogP contribution in [0, 0.1) is 23.7 Å². The quantitative estimate of drug-likeness (QED) is 0.395. The van der Waals surface area contributed by atoms with E-state index in [1.54, 1.807) is 6.07 Å². The standard InChI is InChI=1S/C30H28N2O5/c33-25(31-23-12-6-10-19-9-4-5-11-22(19)23)17-37-30(36)24(15-18-7-2-1-3-8-18)32-28(34)26-20-13-14-21(16-20)27(26)29(32)35/h1-12,20-21,24,26-27H,13-17H2,(H,31,33)/t20-,21-,24-,26+,27+/m0/s1. The number of imide groups is 1. The third-order valence-electron chi connectivity index (χ3n) is 8.23. The molecule has 7 nitrogen and oxygen atoms in total. The summed E-state index contributed by atoms with van der Waals surface area (Å²) in [6.45, 7) is -0.512. The molecule has 3 aromatic carbocycles. The molecule has 0 spiro atoms. The zero-order valence-corrected chi connectivity index (χ0v) is 20.3. The Morgan fingerprint density at radius 1 is 0.865 bits per heavy atom. The lowest BCUT2D eigenvalue weighted by Gasteiger charge is -2.26. The summed E-state index contributed by atoms with van der Waals surface area (Å²) in [5, 5.41) is 4.66. The minimum Gasteiger partial charge on any atom is -0.454 e. The van der Waals surface area contributed by atoms with Gasteiger partial charge in [-0.1, -0.05) is 66.7 Å². The molecule has 6 rings (SSSR count). The molecule has 0 unspecified atom stereocenters. The largest absolute Gasteiger partial charge is 0.454 e. The van der Waals surface area contributed by atoms with E-state index in [1.165, 1.54) is 0 Å². The summed E-state index contributed by atoms with van der Waals surface area (Å²) in [5.74, 6) is -1.98. The fourth-order valence-electron chi connectivity index (χ4n) is 6.61. The van der Waals surface area contributed by atoms with Crippen LogP contribution in [0.3, 0.4) is 0 Å². The predicted molar refractivity (Wildman–Crippen MR) is 137 cm³/mol. The lowest BCUT2D eigenvalue weighted by molar-refractivity contribution is -0.160. The number of nitrogens with zero attached hydrogens (tertiary/aromatic N) is 1. The van der Waals surface area contributed by atoms with Gasteiger partial charge in [-0.25, -0.2) is 4.79 Å². The second-order valence-electron chi connectivity index (χ2n) is 10.3. The summed E-state index contributed by atoms with van der Waals surface area (Å²) < 4.78 is 5.43. The number of rotatable bonds is 7. The number of nitrogens with one attached hydrogen (secondary N) is 1. The first-order valence-corrected chi connectivity index (χ1v) is 12.9. The van der Waals surface area contributed by atoms with Gasteiger partial charge in [0.1, 0.15) is 6.04 Å². The Balaban J connectivity index is 1.19. The third kappa shape index (κ3) is 4.18. The fraction of sp³-hybridized carbons (Fsp3) is 0.333. The number of amides is 3. The van der Waals surface area contributed by atoms with Crippen molar-refractivity contribution in [2.24, 2.45) is 23.7 Å². The van der Waals surface area contributed by atoms with Gasteiger partial charge < -0.3 is 10.1 Å². The average Bonchev–Trinajstić information content (AvgIpc) is 3.60. The van der Waals surface area contributed by atoms with E-state index in [-0.39, 0.29) is 41.9 Å². The Bertz CT molecular complexity index is 1350. The summed E-state index contributed by atoms with van der Waals surface area (Å²) in [4.78, 5) is 54.1. The number of anilines is 1. The van der Waals surface area contributed by atoms with E-state index in [0.717, 1.165) is 40.5 Å². The number of likely N-dealkylation sites (tertiary alicyclic amines) is 1. The van der Waals surface area contributed by atoms with Crippen molar-refractivity contribution in [1.82, 2.24) is 4.90 Å². The molecule has 37 heavy (non-hydrogen) atoms. The van der Waals surface area contributed by atoms with Gasteiger partial charge in [0.15, 0.2) is 6.61 Å². The molecule has 1 N–H and O–H groups in total. The van der Waals surface area contributed by atoms with Crippen molar-refractivity contribution in [3.05, 3.63) is 78.4 Å². The van der Waals surface area contributed by atoms with Crippen LogP contribution in [0.4, 0.5) is 5.69 Å². The molecule has 188 valence electrons. The van der Waals surface area contributed by atoms with Gasteiger partial charge in [0.05, 0.1) is 11.8 Å². The van der Waals surface area contributed by atoms with Gasteiger partial charge in [-0.2, -0.15) is 0 Å². The number of hydrogen-bond acceptors (Lipinski definition) is 5. The maximum absolute atomic E-state index is 13.4. The molecule has 2 saturated carbocycles. The lowest BCUT2D eigenvalue weighted by atomic mass is 9.81. The Labute approximate surface area is 214 Å². The molecular formula is C30H28N2O5. The summed E-state index contributed by atoms with van der Waals surface area (Å²) in [6, 6.07) is 21.4. The van der Waals surface area contributed by atoms with Crippen molar-refractivity contribution < 1.29 is 23.9 Å². The van der Waals surface area contributed by atoms with Crippen molar-refractivity contribution in [2.45, 2.75) is 31.7 Å². The van der Waals surface area contributed by atoms with Gasteiger partial charge in [0.2, 0.25) is 11.8 Å². The number of carbonyl (C=O) groups excluding carboxylic acids is 4. The van der Waals surface area contributed by atoms with E-state index in [1.807, 2.05) is 66.7 Å². The van der Waals surface area contributed by atoms with Crippen molar-refractivity contribution in [3.63, 3.8) is 0 Å². The topological polar surface area (TPSA) is 92.8 Å². The van der Waals surface area contributed by atoms with E-state index >= 15 is 0 Å². The first-order chi connectivity index (χ1) is 18.0. The van der Waals surface area contributed by atoms with E-state index in [0.29, 0.717) is 5.69 Å². The molecule has 3 aromatic rings. The predicted octanol–water partition coefficient (Wildman–Crippen LogP) is 3.96. The molecule has 2 bridgehead atoms. The maximum Gasteiger partial charge on any atom is 0.330 e. The van der Waals surface area contributed by atoms with Crippen LogP contribution in [0.1, 0.15) is 24.8 Å². The Kier molecular flexibility index (Phi) is 5.99. The van der Waals surface area contributed by atoms with Crippen molar-refractivity contribution in [2.75, 3.05) is 11.9 Å². The fourth-order valence-corrected chi connectivity index (χ4v) is 6.61. The monoisotopic (exact) mass is 496 g/mol. The van der Waals surface area contributed by atoms with Crippen LogP contribution in [0.15, 0.2) is 72.8 Å². The molecule has 7 heteroatoms. The highest BCUT2D eigenvalue weighted by molar-refractivity contribution is 6.09. The third-order valence-corrected chi connectivity index (χ3v) is 8.23. The summed E-state index contributed by atoms with van der Waals surface area (Å²) in [5.41, 5.74) is 1.43. The lowest BCUT2D eigenvalue weighted by Crippen LogP contribution is -2.48. The van der Waals surface area contributed by atoms with E-state index in [4.69, 9.17) is 4.74 Å². The average molecular weight is 497 g/mol. The van der Waals surface area contributed by atoms with E-state index < -0.39 is 24.5 Å². The molecule has 1 heterocycles. The van der Waals surface area contributed by atoms with Gasteiger partial charge in [-0.3, -0.25) is 19.3 Å². The number of esters is 1. The van der Waals surface area contributed by atoms with Crippen LogP contribution < -0.4 is 5.32 Å². The first-order valence-electron chi connectivity index (χ1n) is 12.9. The van der Waals surface area contributed by atoms with Gasteiger partial charge in [-0.15, -0.1) is 0 Å². The van der Waals surface area contributed by atoms with Crippen LogP contribution in [-0.2, 0) is 30.3 Å². The van der Waals surface area contributed by atoms with Crippen molar-refractivity contribution >= 4 is 40.2 Å². The van der Waals surface area contributed by atoms with Crippen LogP contribution in [0.5, 0.6) is 0 Å². The summed E-state index contributed by atoms with van der Waals surface area (Å²) in [7, 11) is 0. The highest BCUT2D eigenvalue weighted by Crippen LogP contribution is 2.56. The molecule has 3 fully saturated rings. The van der Waals surface area contributed by atoms with Crippen LogP contribution in [-0.4, -0.2) is 41.2 Å². The summed E-state index contributed by atoms with van der Waals surface area (Å²) >= 11 is 0. The number of benzene rings is 3. The van der Waals surface area contributed by atoms with E-state index in [9.17, 15) is 19.2 Å². The van der Waals surface area contributed by atoms with Gasteiger partial charge in [0.25, 0.3) is 5.91 Å². The number of ether oxygens (including phenoxy) is 1. The van der Waals surface area contributed by atoms with Crippen LogP contribution >= 0.6 is 0 Å². The Morgan fingerprint density at radius 2 is 1.51 bits per heavy atom. The molecule has 0 radical (unpaired) electrons. The molecule has 3 amide bonds. The smallest absolute Gasteiger partial charge is 0.330 e. The molecule has 2 aliphatic carbocycles. The maximum atomic E-state index is 13.4. The SMILES string of the molecule is O=C(COC(=O)[C@H](Cc1ccccc1)N1C(=O)[C@@H]2[C@H]3CC[C@@H](C3)[C@H]2C1=O)Nc1cccc2ccccc12. The second kappa shape index (κ2) is 9.47. The highest BCUT2D eigenvalue weighted by Gasteiger charge is 2.62. The second-order valence-corrected chi connectivity index (χ2v) is 10.3. The molecule has 1 aliphatic heterocycles. The summed E-state index contributed by atoms with van der Waals surface area (Å²) in [6.07, 6.45) is 2.99. The number of carbonyl (C=O) groups is 4. The van der Waals surface area contributed by atoms with Crippen molar-refractivity contribution in [1.29, 1.82) is 0 Å². The Morgan fingerprint density at radius 3 is 2.24 bits per heavy atom. The molecule has 3 aliphatic rings. The molecular weight excluding hydrogens is 468 g/mol. The molecule has 5 atom stereocenters. The minimum atomic E-state index is -1.10. The van der Waals surface area contributed by atoms with Gasteiger partial charge >= 0.3 is 5.97 Å². The van der Waals surface area contributed by atoms with E-state index in [2.05, 4.69) is 5.32 Å². The van der Waals surface area contributed by atoms with Gasteiger partial charge in [0, 0.05) is 17.5 Å². The Hall–Kier alpha value is -4.00. The molecule has 0 aromatic heterocycles. The highest BCUT2D eigenvalue weighted by atomic mass is 16.5. The van der Waals surface area contributed by atoms with Crippen molar-refractivity contribution in [3.8, 4) is 0 Å². The number of hydrogen-bond donors (Lipinski definition) is 1. The number of fused-ring (bicyclic) bond motifs is 6. The molecule has 1 saturated heterocycles. The van der Waals surface area contributed by atoms with Crippen LogP contribution in [0.25, 0.3) is 10.8 Å². The zero-order chi connectivity index (χ0) is 25.5. The minimum absolute atomic E-state index is 0.150. The first kappa shape index (κ1) is 23.4. The zero-order valence-electron chi connectivity index (χ0n) is 20.3. The van der Waals surface area contributed by atoms with Crippen LogP contribution in [0.2, 0.25) is 0 Å².